The summed E-state index contributed by atoms with van der Waals surface area (Å²) in [6, 6.07) is 7.80. The molecule has 4 nitrogen and oxygen atoms in total. The smallest absolute Gasteiger partial charge is 0.315 e. The van der Waals surface area contributed by atoms with Gasteiger partial charge in [-0.3, -0.25) is 0 Å². The Kier molecular flexibility index (Phi) is 6.05. The van der Waals surface area contributed by atoms with Crippen molar-refractivity contribution >= 4 is 6.03 Å². The summed E-state index contributed by atoms with van der Waals surface area (Å²) in [6.45, 7) is 7.16. The molecule has 0 bridgehead atoms. The van der Waals surface area contributed by atoms with Crippen molar-refractivity contribution in [2.24, 2.45) is 0 Å². The van der Waals surface area contributed by atoms with Crippen LogP contribution in [-0.4, -0.2) is 18.7 Å². The van der Waals surface area contributed by atoms with Crippen LogP contribution in [0.25, 0.3) is 0 Å². The molecular formula is C14H22N2O2. The van der Waals surface area contributed by atoms with E-state index in [9.17, 15) is 4.79 Å². The molecule has 0 aliphatic carbocycles. The molecule has 4 heteroatoms. The fourth-order valence-electron chi connectivity index (χ4n) is 1.43. The zero-order valence-electron chi connectivity index (χ0n) is 11.3. The third-order valence-corrected chi connectivity index (χ3v) is 2.68. The number of rotatable bonds is 6. The molecule has 0 aliphatic heterocycles. The molecule has 0 saturated heterocycles. The summed E-state index contributed by atoms with van der Waals surface area (Å²) in [7, 11) is 0. The standard InChI is InChI=1S/C14H22N2O2/c1-4-11(3)16-14(17)15-10-12-6-8-13(9-7-12)18-5-2/h6-9,11H,4-5,10H2,1-3H3,(H2,15,16,17). The molecule has 1 rings (SSSR count). The van der Waals surface area contributed by atoms with Gasteiger partial charge in [0, 0.05) is 12.6 Å². The highest BCUT2D eigenvalue weighted by atomic mass is 16.5. The predicted octanol–water partition coefficient (Wildman–Crippen LogP) is 2.68. The molecular weight excluding hydrogens is 228 g/mol. The fourth-order valence-corrected chi connectivity index (χ4v) is 1.43. The minimum absolute atomic E-state index is 0.127. The molecule has 0 radical (unpaired) electrons. The minimum Gasteiger partial charge on any atom is -0.494 e. The monoisotopic (exact) mass is 250 g/mol. The van der Waals surface area contributed by atoms with Gasteiger partial charge >= 0.3 is 6.03 Å². The first-order valence-electron chi connectivity index (χ1n) is 6.41. The fraction of sp³-hybridized carbons (Fsp3) is 0.500. The number of amides is 2. The van der Waals surface area contributed by atoms with Crippen LogP contribution in [0, 0.1) is 0 Å². The Balaban J connectivity index is 2.36. The highest BCUT2D eigenvalue weighted by Gasteiger charge is 2.04. The number of hydrogen-bond donors (Lipinski definition) is 2. The Bertz CT molecular complexity index is 363. The highest BCUT2D eigenvalue weighted by molar-refractivity contribution is 5.74. The Morgan fingerprint density at radius 1 is 1.28 bits per heavy atom. The van der Waals surface area contributed by atoms with E-state index in [1.165, 1.54) is 0 Å². The SMILES string of the molecule is CCOc1ccc(CNC(=O)NC(C)CC)cc1. The van der Waals surface area contributed by atoms with Gasteiger partial charge in [-0.05, 0) is 38.0 Å². The van der Waals surface area contributed by atoms with Gasteiger partial charge in [-0.15, -0.1) is 0 Å². The van der Waals surface area contributed by atoms with E-state index in [1.807, 2.05) is 45.0 Å². The number of carbonyl (C=O) groups is 1. The Morgan fingerprint density at radius 2 is 1.94 bits per heavy atom. The van der Waals surface area contributed by atoms with Crippen LogP contribution in [0.4, 0.5) is 4.79 Å². The topological polar surface area (TPSA) is 50.4 Å². The summed E-state index contributed by atoms with van der Waals surface area (Å²) in [4.78, 5) is 11.5. The lowest BCUT2D eigenvalue weighted by Crippen LogP contribution is -2.40. The zero-order valence-corrected chi connectivity index (χ0v) is 11.3. The zero-order chi connectivity index (χ0) is 13.4. The lowest BCUT2D eigenvalue weighted by Gasteiger charge is -2.12. The first-order valence-corrected chi connectivity index (χ1v) is 6.41. The van der Waals surface area contributed by atoms with Crippen LogP contribution in [0.1, 0.15) is 32.8 Å². The van der Waals surface area contributed by atoms with Gasteiger partial charge in [0.25, 0.3) is 0 Å². The molecule has 2 N–H and O–H groups in total. The van der Waals surface area contributed by atoms with Crippen molar-refractivity contribution in [3.05, 3.63) is 29.8 Å². The van der Waals surface area contributed by atoms with Crippen LogP contribution in [-0.2, 0) is 6.54 Å². The summed E-state index contributed by atoms with van der Waals surface area (Å²) >= 11 is 0. The van der Waals surface area contributed by atoms with Crippen molar-refractivity contribution in [1.82, 2.24) is 10.6 Å². The average Bonchev–Trinajstić information content (AvgIpc) is 2.38. The van der Waals surface area contributed by atoms with Gasteiger partial charge in [0.15, 0.2) is 0 Å². The molecule has 1 unspecified atom stereocenters. The van der Waals surface area contributed by atoms with Gasteiger partial charge in [0.05, 0.1) is 6.61 Å². The van der Waals surface area contributed by atoms with Gasteiger partial charge in [-0.1, -0.05) is 19.1 Å². The number of urea groups is 1. The second-order valence-corrected chi connectivity index (χ2v) is 4.21. The highest BCUT2D eigenvalue weighted by Crippen LogP contribution is 2.11. The quantitative estimate of drug-likeness (QED) is 0.815. The molecule has 1 aromatic rings. The van der Waals surface area contributed by atoms with E-state index < -0.39 is 0 Å². The van der Waals surface area contributed by atoms with E-state index in [0.29, 0.717) is 13.2 Å². The van der Waals surface area contributed by atoms with E-state index in [2.05, 4.69) is 10.6 Å². The molecule has 2 amide bonds. The third-order valence-electron chi connectivity index (χ3n) is 2.68. The first-order chi connectivity index (χ1) is 8.65. The van der Waals surface area contributed by atoms with E-state index in [-0.39, 0.29) is 12.1 Å². The molecule has 0 saturated carbocycles. The van der Waals surface area contributed by atoms with Crippen LogP contribution in [0.3, 0.4) is 0 Å². The maximum Gasteiger partial charge on any atom is 0.315 e. The normalized spacial score (nSPS) is 11.7. The number of nitrogens with one attached hydrogen (secondary N) is 2. The van der Waals surface area contributed by atoms with Crippen LogP contribution >= 0.6 is 0 Å². The molecule has 1 aromatic carbocycles. The molecule has 0 aliphatic rings. The van der Waals surface area contributed by atoms with Gasteiger partial charge < -0.3 is 15.4 Å². The van der Waals surface area contributed by atoms with Crippen molar-refractivity contribution < 1.29 is 9.53 Å². The minimum atomic E-state index is -0.127. The maximum absolute atomic E-state index is 11.5. The van der Waals surface area contributed by atoms with Crippen LogP contribution in [0.5, 0.6) is 5.75 Å². The number of ether oxygens (including phenoxy) is 1. The van der Waals surface area contributed by atoms with Gasteiger partial charge in [0.2, 0.25) is 0 Å². The van der Waals surface area contributed by atoms with Crippen molar-refractivity contribution in [2.45, 2.75) is 39.8 Å². The predicted molar refractivity (Wildman–Crippen MR) is 72.7 cm³/mol. The largest absolute Gasteiger partial charge is 0.494 e. The van der Waals surface area contributed by atoms with Crippen molar-refractivity contribution in [3.8, 4) is 5.75 Å². The number of benzene rings is 1. The van der Waals surface area contributed by atoms with Gasteiger partial charge in [-0.2, -0.15) is 0 Å². The van der Waals surface area contributed by atoms with Crippen LogP contribution in [0.15, 0.2) is 24.3 Å². The van der Waals surface area contributed by atoms with Crippen LogP contribution < -0.4 is 15.4 Å². The van der Waals surface area contributed by atoms with Gasteiger partial charge in [-0.25, -0.2) is 4.79 Å². The van der Waals surface area contributed by atoms with E-state index in [0.717, 1.165) is 17.7 Å². The Hall–Kier alpha value is -1.71. The van der Waals surface area contributed by atoms with Crippen LogP contribution in [0.2, 0.25) is 0 Å². The first kappa shape index (κ1) is 14.4. The van der Waals surface area contributed by atoms with Gasteiger partial charge in [0.1, 0.15) is 5.75 Å². The van der Waals surface area contributed by atoms with Crippen molar-refractivity contribution in [1.29, 1.82) is 0 Å². The molecule has 0 aromatic heterocycles. The summed E-state index contributed by atoms with van der Waals surface area (Å²) < 4.78 is 5.35. The number of hydrogen-bond acceptors (Lipinski definition) is 2. The maximum atomic E-state index is 11.5. The second-order valence-electron chi connectivity index (χ2n) is 4.21. The summed E-state index contributed by atoms with van der Waals surface area (Å²) in [5.41, 5.74) is 1.05. The third kappa shape index (κ3) is 5.08. The molecule has 1 atom stereocenters. The Morgan fingerprint density at radius 3 is 2.50 bits per heavy atom. The van der Waals surface area contributed by atoms with E-state index in [4.69, 9.17) is 4.74 Å². The molecule has 0 heterocycles. The van der Waals surface area contributed by atoms with E-state index in [1.54, 1.807) is 0 Å². The molecule has 0 fully saturated rings. The summed E-state index contributed by atoms with van der Waals surface area (Å²) in [6.07, 6.45) is 0.927. The molecule has 100 valence electrons. The summed E-state index contributed by atoms with van der Waals surface area (Å²) in [5.74, 6) is 0.852. The molecule has 0 spiro atoms. The lowest BCUT2D eigenvalue weighted by molar-refractivity contribution is 0.237. The lowest BCUT2D eigenvalue weighted by atomic mass is 10.2. The molecule has 18 heavy (non-hydrogen) atoms. The second kappa shape index (κ2) is 7.58. The average molecular weight is 250 g/mol. The Labute approximate surface area is 109 Å². The number of carbonyl (C=O) groups excluding carboxylic acids is 1. The van der Waals surface area contributed by atoms with Crippen molar-refractivity contribution in [3.63, 3.8) is 0 Å². The van der Waals surface area contributed by atoms with Crippen molar-refractivity contribution in [2.75, 3.05) is 6.61 Å². The summed E-state index contributed by atoms with van der Waals surface area (Å²) in [5, 5.41) is 5.68. The van der Waals surface area contributed by atoms with E-state index >= 15 is 0 Å².